The van der Waals surface area contributed by atoms with Crippen molar-refractivity contribution in [2.45, 2.75) is 13.8 Å². The fourth-order valence-electron chi connectivity index (χ4n) is 2.51. The normalized spacial score (nSPS) is 10.9. The molecule has 0 saturated heterocycles. The summed E-state index contributed by atoms with van der Waals surface area (Å²) in [6.45, 7) is 3.93. The molecule has 0 aliphatic carbocycles. The maximum Gasteiger partial charge on any atom is 0.195 e. The van der Waals surface area contributed by atoms with E-state index in [1.807, 2.05) is 38.1 Å². The zero-order chi connectivity index (χ0) is 14.3. The van der Waals surface area contributed by atoms with Crippen LogP contribution in [0.15, 0.2) is 42.6 Å². The monoisotopic (exact) mass is 264 g/mol. The Kier molecular flexibility index (Phi) is 2.83. The van der Waals surface area contributed by atoms with Crippen LogP contribution in [0.5, 0.6) is 0 Å². The predicted molar refractivity (Wildman–Crippen MR) is 82.1 cm³/mol. The minimum absolute atomic E-state index is 0.0272. The first-order valence-electron chi connectivity index (χ1n) is 6.55. The SMILES string of the molecule is Cc1ccc2[nH]cc(C(=O)c3ccc(N)cc3C)c2c1. The number of aromatic nitrogens is 1. The first-order chi connectivity index (χ1) is 9.56. The number of benzene rings is 2. The summed E-state index contributed by atoms with van der Waals surface area (Å²) in [6, 6.07) is 11.4. The molecule has 3 nitrogen and oxygen atoms in total. The number of hydrogen-bond acceptors (Lipinski definition) is 2. The van der Waals surface area contributed by atoms with E-state index in [9.17, 15) is 4.79 Å². The van der Waals surface area contributed by atoms with E-state index in [0.717, 1.165) is 22.0 Å². The van der Waals surface area contributed by atoms with Crippen LogP contribution in [0.25, 0.3) is 10.9 Å². The Morgan fingerprint density at radius 3 is 2.60 bits per heavy atom. The van der Waals surface area contributed by atoms with E-state index in [4.69, 9.17) is 5.73 Å². The number of hydrogen-bond donors (Lipinski definition) is 2. The molecule has 3 heteroatoms. The van der Waals surface area contributed by atoms with Gasteiger partial charge in [-0.3, -0.25) is 4.79 Å². The first kappa shape index (κ1) is 12.5. The van der Waals surface area contributed by atoms with Gasteiger partial charge in [-0.2, -0.15) is 0 Å². The van der Waals surface area contributed by atoms with E-state index in [-0.39, 0.29) is 5.78 Å². The number of aromatic amines is 1. The highest BCUT2D eigenvalue weighted by molar-refractivity contribution is 6.17. The molecule has 0 amide bonds. The highest BCUT2D eigenvalue weighted by Crippen LogP contribution is 2.24. The van der Waals surface area contributed by atoms with Crippen LogP contribution in [0.3, 0.4) is 0 Å². The number of nitrogens with two attached hydrogens (primary N) is 1. The van der Waals surface area contributed by atoms with Crippen molar-refractivity contribution >= 4 is 22.4 Å². The Morgan fingerprint density at radius 1 is 1.05 bits per heavy atom. The molecule has 1 aromatic heterocycles. The van der Waals surface area contributed by atoms with E-state index >= 15 is 0 Å². The Bertz CT molecular complexity index is 815. The van der Waals surface area contributed by atoms with Gasteiger partial charge in [0.05, 0.1) is 0 Å². The van der Waals surface area contributed by atoms with Crippen LogP contribution in [-0.4, -0.2) is 10.8 Å². The van der Waals surface area contributed by atoms with E-state index in [0.29, 0.717) is 16.8 Å². The molecular formula is C17H16N2O. The highest BCUT2D eigenvalue weighted by Gasteiger charge is 2.16. The summed E-state index contributed by atoms with van der Waals surface area (Å²) in [6.07, 6.45) is 1.78. The molecule has 2 aromatic carbocycles. The molecule has 0 fully saturated rings. The topological polar surface area (TPSA) is 58.9 Å². The number of rotatable bonds is 2. The van der Waals surface area contributed by atoms with Crippen molar-refractivity contribution in [3.8, 4) is 0 Å². The summed E-state index contributed by atoms with van der Waals surface area (Å²) in [5, 5.41) is 0.964. The third kappa shape index (κ3) is 1.97. The molecule has 100 valence electrons. The molecule has 0 radical (unpaired) electrons. The van der Waals surface area contributed by atoms with E-state index in [2.05, 4.69) is 4.98 Å². The second-order valence-corrected chi connectivity index (χ2v) is 5.15. The van der Waals surface area contributed by atoms with Crippen molar-refractivity contribution in [2.75, 3.05) is 5.73 Å². The standard InChI is InChI=1S/C17H16N2O/c1-10-3-6-16-14(7-10)15(9-19-16)17(20)13-5-4-12(18)8-11(13)2/h3-9,19H,18H2,1-2H3. The molecule has 3 N–H and O–H groups in total. The van der Waals surface area contributed by atoms with Gasteiger partial charge in [-0.15, -0.1) is 0 Å². The zero-order valence-corrected chi connectivity index (χ0v) is 11.5. The van der Waals surface area contributed by atoms with Crippen LogP contribution in [0.4, 0.5) is 5.69 Å². The lowest BCUT2D eigenvalue weighted by Gasteiger charge is -2.05. The molecule has 0 aliphatic rings. The average molecular weight is 264 g/mol. The molecule has 1 heterocycles. The van der Waals surface area contributed by atoms with Gasteiger partial charge in [-0.1, -0.05) is 11.6 Å². The summed E-state index contributed by atoms with van der Waals surface area (Å²) in [4.78, 5) is 15.9. The number of nitrogens with one attached hydrogen (secondary N) is 1. The molecule has 0 atom stereocenters. The number of aryl methyl sites for hydroxylation is 2. The quantitative estimate of drug-likeness (QED) is 0.549. The Morgan fingerprint density at radius 2 is 1.85 bits per heavy atom. The van der Waals surface area contributed by atoms with Gasteiger partial charge >= 0.3 is 0 Å². The van der Waals surface area contributed by atoms with Crippen molar-refractivity contribution in [2.24, 2.45) is 0 Å². The second kappa shape index (κ2) is 4.53. The third-order valence-corrected chi connectivity index (χ3v) is 3.58. The Labute approximate surface area is 117 Å². The predicted octanol–water partition coefficient (Wildman–Crippen LogP) is 3.60. The number of anilines is 1. The van der Waals surface area contributed by atoms with Gasteiger partial charge in [0.1, 0.15) is 0 Å². The minimum atomic E-state index is 0.0272. The molecule has 0 aliphatic heterocycles. The van der Waals surface area contributed by atoms with Crippen LogP contribution < -0.4 is 5.73 Å². The van der Waals surface area contributed by atoms with Crippen molar-refractivity contribution in [3.63, 3.8) is 0 Å². The Hall–Kier alpha value is -2.55. The fraction of sp³-hybridized carbons (Fsp3) is 0.118. The lowest BCUT2D eigenvalue weighted by molar-refractivity contribution is 0.104. The second-order valence-electron chi connectivity index (χ2n) is 5.15. The maximum atomic E-state index is 12.7. The Balaban J connectivity index is 2.15. The van der Waals surface area contributed by atoms with Crippen molar-refractivity contribution < 1.29 is 4.79 Å². The molecule has 0 bridgehead atoms. The van der Waals surface area contributed by atoms with E-state index in [1.54, 1.807) is 18.3 Å². The van der Waals surface area contributed by atoms with Gasteiger partial charge in [0.25, 0.3) is 0 Å². The van der Waals surface area contributed by atoms with Gasteiger partial charge in [-0.25, -0.2) is 0 Å². The largest absolute Gasteiger partial charge is 0.399 e. The zero-order valence-electron chi connectivity index (χ0n) is 11.5. The average Bonchev–Trinajstić information content (AvgIpc) is 2.81. The lowest BCUT2D eigenvalue weighted by atomic mass is 9.98. The van der Waals surface area contributed by atoms with Crippen LogP contribution in [0, 0.1) is 13.8 Å². The molecule has 3 aromatic rings. The number of ketones is 1. The number of nitrogen functional groups attached to an aromatic ring is 1. The van der Waals surface area contributed by atoms with Crippen LogP contribution in [0.2, 0.25) is 0 Å². The van der Waals surface area contributed by atoms with Gasteiger partial charge in [-0.05, 0) is 49.7 Å². The number of carbonyl (C=O) groups is 1. The maximum absolute atomic E-state index is 12.7. The highest BCUT2D eigenvalue weighted by atomic mass is 16.1. The van der Waals surface area contributed by atoms with Gasteiger partial charge < -0.3 is 10.7 Å². The van der Waals surface area contributed by atoms with E-state index in [1.165, 1.54) is 0 Å². The van der Waals surface area contributed by atoms with Crippen molar-refractivity contribution in [1.29, 1.82) is 0 Å². The smallest absolute Gasteiger partial charge is 0.195 e. The number of carbonyl (C=O) groups excluding carboxylic acids is 1. The third-order valence-electron chi connectivity index (χ3n) is 3.58. The van der Waals surface area contributed by atoms with Crippen molar-refractivity contribution in [3.05, 3.63) is 64.8 Å². The van der Waals surface area contributed by atoms with Gasteiger partial charge in [0.2, 0.25) is 0 Å². The molecular weight excluding hydrogens is 248 g/mol. The molecule has 20 heavy (non-hydrogen) atoms. The van der Waals surface area contributed by atoms with Gasteiger partial charge in [0.15, 0.2) is 5.78 Å². The summed E-state index contributed by atoms with van der Waals surface area (Å²) in [7, 11) is 0. The first-order valence-corrected chi connectivity index (χ1v) is 6.55. The van der Waals surface area contributed by atoms with Gasteiger partial charge in [0, 0.05) is 33.9 Å². The van der Waals surface area contributed by atoms with Crippen LogP contribution in [0.1, 0.15) is 27.0 Å². The van der Waals surface area contributed by atoms with E-state index < -0.39 is 0 Å². The number of fused-ring (bicyclic) bond motifs is 1. The summed E-state index contributed by atoms with van der Waals surface area (Å²) < 4.78 is 0. The molecule has 0 unspecified atom stereocenters. The number of H-pyrrole nitrogens is 1. The molecule has 0 spiro atoms. The van der Waals surface area contributed by atoms with Crippen LogP contribution >= 0.6 is 0 Å². The minimum Gasteiger partial charge on any atom is -0.399 e. The summed E-state index contributed by atoms with van der Waals surface area (Å²) in [5.74, 6) is 0.0272. The van der Waals surface area contributed by atoms with Crippen molar-refractivity contribution in [1.82, 2.24) is 4.98 Å². The summed E-state index contributed by atoms with van der Waals surface area (Å²) in [5.41, 5.74) is 10.8. The lowest BCUT2D eigenvalue weighted by Crippen LogP contribution is -2.03. The molecule has 3 rings (SSSR count). The fourth-order valence-corrected chi connectivity index (χ4v) is 2.51. The summed E-state index contributed by atoms with van der Waals surface area (Å²) >= 11 is 0. The van der Waals surface area contributed by atoms with Crippen LogP contribution in [-0.2, 0) is 0 Å². The molecule has 0 saturated carbocycles.